The van der Waals surface area contributed by atoms with Gasteiger partial charge in [0.2, 0.25) is 0 Å². The van der Waals surface area contributed by atoms with E-state index in [0.717, 1.165) is 24.8 Å². The van der Waals surface area contributed by atoms with Gasteiger partial charge in [-0.25, -0.2) is 9.78 Å². The first kappa shape index (κ1) is 15.2. The lowest BCUT2D eigenvalue weighted by Crippen LogP contribution is -2.34. The molecule has 1 N–H and O–H groups in total. The third kappa shape index (κ3) is 3.74. The molecule has 1 aliphatic carbocycles. The molecule has 1 amide bonds. The maximum atomic E-state index is 12.0. The number of hydrogen-bond acceptors (Lipinski definition) is 4. The van der Waals surface area contributed by atoms with Crippen LogP contribution in [0.2, 0.25) is 0 Å². The van der Waals surface area contributed by atoms with Gasteiger partial charge in [-0.15, -0.1) is 0 Å². The lowest BCUT2D eigenvalue weighted by molar-refractivity contribution is -0.125. The van der Waals surface area contributed by atoms with Crippen LogP contribution >= 0.6 is 0 Å². The second-order valence-electron chi connectivity index (χ2n) is 5.50. The number of fused-ring (bicyclic) bond motifs is 1. The highest BCUT2D eigenvalue weighted by atomic mass is 16.5. The molecule has 0 saturated carbocycles. The van der Waals surface area contributed by atoms with Crippen LogP contribution < -0.4 is 5.32 Å². The molecule has 0 bridgehead atoms. The maximum Gasteiger partial charge on any atom is 0.357 e. The van der Waals surface area contributed by atoms with Gasteiger partial charge in [-0.3, -0.25) is 4.79 Å². The standard InChI is InChI=1S/C18H18N2O3/c21-17(12-23-18(22)16-9-3-4-11-19-16)20-15-10-5-7-13-6-1-2-8-14(13)15/h1-4,6,8-9,11,15H,5,7,10,12H2,(H,20,21)/t15-/m0/s1. The van der Waals surface area contributed by atoms with E-state index in [9.17, 15) is 9.59 Å². The van der Waals surface area contributed by atoms with Crippen molar-refractivity contribution >= 4 is 11.9 Å². The number of benzene rings is 1. The van der Waals surface area contributed by atoms with E-state index in [2.05, 4.69) is 16.4 Å². The van der Waals surface area contributed by atoms with Gasteiger partial charge in [0.15, 0.2) is 6.61 Å². The molecule has 1 atom stereocenters. The second kappa shape index (κ2) is 7.05. The largest absolute Gasteiger partial charge is 0.451 e. The Morgan fingerprint density at radius 1 is 1.17 bits per heavy atom. The van der Waals surface area contributed by atoms with Crippen molar-refractivity contribution in [3.05, 3.63) is 65.5 Å². The number of nitrogens with one attached hydrogen (secondary N) is 1. The molecule has 118 valence electrons. The second-order valence-corrected chi connectivity index (χ2v) is 5.50. The van der Waals surface area contributed by atoms with Crippen LogP contribution in [0.5, 0.6) is 0 Å². The van der Waals surface area contributed by atoms with Crippen molar-refractivity contribution < 1.29 is 14.3 Å². The number of aromatic nitrogens is 1. The third-order valence-corrected chi connectivity index (χ3v) is 3.91. The van der Waals surface area contributed by atoms with Gasteiger partial charge >= 0.3 is 5.97 Å². The summed E-state index contributed by atoms with van der Waals surface area (Å²) in [4.78, 5) is 27.7. The fourth-order valence-electron chi connectivity index (χ4n) is 2.83. The number of amides is 1. The van der Waals surface area contributed by atoms with Crippen molar-refractivity contribution in [2.75, 3.05) is 6.61 Å². The van der Waals surface area contributed by atoms with E-state index in [0.29, 0.717) is 0 Å². The molecule has 0 unspecified atom stereocenters. The minimum atomic E-state index is -0.593. The van der Waals surface area contributed by atoms with Crippen molar-refractivity contribution in [3.63, 3.8) is 0 Å². The molecule has 23 heavy (non-hydrogen) atoms. The first-order chi connectivity index (χ1) is 11.2. The summed E-state index contributed by atoms with van der Waals surface area (Å²) in [5.41, 5.74) is 2.63. The number of esters is 1. The summed E-state index contributed by atoms with van der Waals surface area (Å²) in [6, 6.07) is 13.1. The molecule has 0 fully saturated rings. The maximum absolute atomic E-state index is 12.0. The van der Waals surface area contributed by atoms with E-state index in [1.165, 1.54) is 11.8 Å². The monoisotopic (exact) mass is 310 g/mol. The van der Waals surface area contributed by atoms with Crippen LogP contribution in [0.15, 0.2) is 48.7 Å². The number of rotatable bonds is 4. The van der Waals surface area contributed by atoms with E-state index in [4.69, 9.17) is 4.74 Å². The van der Waals surface area contributed by atoms with Gasteiger partial charge in [-0.1, -0.05) is 30.3 Å². The minimum absolute atomic E-state index is 0.0130. The quantitative estimate of drug-likeness (QED) is 0.881. The summed E-state index contributed by atoms with van der Waals surface area (Å²) >= 11 is 0. The highest BCUT2D eigenvalue weighted by Gasteiger charge is 2.21. The predicted octanol–water partition coefficient (Wildman–Crippen LogP) is 2.43. The molecule has 1 aliphatic rings. The zero-order valence-electron chi connectivity index (χ0n) is 12.7. The van der Waals surface area contributed by atoms with Gasteiger partial charge in [0.05, 0.1) is 6.04 Å². The van der Waals surface area contributed by atoms with E-state index < -0.39 is 5.97 Å². The van der Waals surface area contributed by atoms with Gasteiger partial charge < -0.3 is 10.1 Å². The molecule has 5 nitrogen and oxygen atoms in total. The summed E-state index contributed by atoms with van der Waals surface area (Å²) in [7, 11) is 0. The van der Waals surface area contributed by atoms with E-state index in [1.807, 2.05) is 18.2 Å². The molecule has 1 aromatic carbocycles. The SMILES string of the molecule is O=C(COC(=O)c1ccccn1)N[C@H]1CCCc2ccccc21. The van der Waals surface area contributed by atoms with Crippen LogP contribution in [0.4, 0.5) is 0 Å². The molecule has 5 heteroatoms. The first-order valence-corrected chi connectivity index (χ1v) is 7.69. The number of carbonyl (C=O) groups is 2. The lowest BCUT2D eigenvalue weighted by Gasteiger charge is -2.26. The number of nitrogens with zero attached hydrogens (tertiary/aromatic N) is 1. The Bertz CT molecular complexity index is 700. The van der Waals surface area contributed by atoms with Crippen molar-refractivity contribution in [1.29, 1.82) is 0 Å². The molecule has 0 saturated heterocycles. The average molecular weight is 310 g/mol. The number of hydrogen-bond donors (Lipinski definition) is 1. The number of carbonyl (C=O) groups excluding carboxylic acids is 2. The van der Waals surface area contributed by atoms with Crippen molar-refractivity contribution in [2.45, 2.75) is 25.3 Å². The smallest absolute Gasteiger partial charge is 0.357 e. The summed E-state index contributed by atoms with van der Waals surface area (Å²) < 4.78 is 5.01. The van der Waals surface area contributed by atoms with E-state index in [-0.39, 0.29) is 24.2 Å². The molecule has 1 aromatic heterocycles. The average Bonchev–Trinajstić information content (AvgIpc) is 2.61. The lowest BCUT2D eigenvalue weighted by atomic mass is 9.88. The predicted molar refractivity (Wildman–Crippen MR) is 84.8 cm³/mol. The van der Waals surface area contributed by atoms with Crippen molar-refractivity contribution in [3.8, 4) is 0 Å². The molecule has 3 rings (SSSR count). The zero-order chi connectivity index (χ0) is 16.1. The van der Waals surface area contributed by atoms with Gasteiger partial charge in [0.1, 0.15) is 5.69 Å². The van der Waals surface area contributed by atoms with Crippen molar-refractivity contribution in [2.24, 2.45) is 0 Å². The summed E-state index contributed by atoms with van der Waals surface area (Å²) in [5.74, 6) is -0.888. The number of ether oxygens (including phenoxy) is 1. The summed E-state index contributed by atoms with van der Waals surface area (Å²) in [5, 5.41) is 2.95. The summed E-state index contributed by atoms with van der Waals surface area (Å²) in [6.45, 7) is -0.298. The van der Waals surface area contributed by atoms with Crippen LogP contribution in [-0.4, -0.2) is 23.5 Å². The Balaban J connectivity index is 1.55. The zero-order valence-corrected chi connectivity index (χ0v) is 12.7. The Morgan fingerprint density at radius 2 is 2.00 bits per heavy atom. The van der Waals surface area contributed by atoms with E-state index in [1.54, 1.807) is 18.2 Å². The van der Waals surface area contributed by atoms with E-state index >= 15 is 0 Å². The highest BCUT2D eigenvalue weighted by Crippen LogP contribution is 2.29. The summed E-state index contributed by atoms with van der Waals surface area (Å²) in [6.07, 6.45) is 4.49. The minimum Gasteiger partial charge on any atom is -0.451 e. The Labute approximate surface area is 134 Å². The third-order valence-electron chi connectivity index (χ3n) is 3.91. The highest BCUT2D eigenvalue weighted by molar-refractivity contribution is 5.89. The molecule has 2 aromatic rings. The fraction of sp³-hybridized carbons (Fsp3) is 0.278. The van der Waals surface area contributed by atoms with Crippen LogP contribution in [0.25, 0.3) is 0 Å². The fourth-order valence-corrected chi connectivity index (χ4v) is 2.83. The van der Waals surface area contributed by atoms with Gasteiger partial charge in [0, 0.05) is 6.20 Å². The van der Waals surface area contributed by atoms with Gasteiger partial charge in [-0.05, 0) is 42.5 Å². The first-order valence-electron chi connectivity index (χ1n) is 7.69. The molecule has 0 radical (unpaired) electrons. The van der Waals surface area contributed by atoms with Crippen molar-refractivity contribution in [1.82, 2.24) is 10.3 Å². The number of pyridine rings is 1. The normalized spacial score (nSPS) is 16.3. The molecule has 1 heterocycles. The number of aryl methyl sites for hydroxylation is 1. The Hall–Kier alpha value is -2.69. The van der Waals surface area contributed by atoms with Crippen LogP contribution in [0, 0.1) is 0 Å². The Morgan fingerprint density at radius 3 is 2.83 bits per heavy atom. The molecule has 0 aliphatic heterocycles. The van der Waals surface area contributed by atoms with Gasteiger partial charge in [0.25, 0.3) is 5.91 Å². The molecular weight excluding hydrogens is 292 g/mol. The topological polar surface area (TPSA) is 68.3 Å². The van der Waals surface area contributed by atoms with Crippen LogP contribution in [-0.2, 0) is 16.0 Å². The van der Waals surface area contributed by atoms with Gasteiger partial charge in [-0.2, -0.15) is 0 Å². The van der Waals surface area contributed by atoms with Crippen LogP contribution in [0.1, 0.15) is 40.5 Å². The molecular formula is C18H18N2O3. The molecule has 0 spiro atoms. The van der Waals surface area contributed by atoms with Crippen LogP contribution in [0.3, 0.4) is 0 Å². The Kier molecular flexibility index (Phi) is 4.66.